The minimum atomic E-state index is -0.913. The second-order valence-corrected chi connectivity index (χ2v) is 7.16. The van der Waals surface area contributed by atoms with E-state index in [1.165, 1.54) is 10.5 Å². The third-order valence-electron chi connectivity index (χ3n) is 5.71. The lowest BCUT2D eigenvalue weighted by Crippen LogP contribution is -2.43. The number of carbonyl (C=O) groups is 3. The number of carboxylic acid groups (broad SMARTS) is 1. The minimum Gasteiger partial charge on any atom is -0.480 e. The van der Waals surface area contributed by atoms with Gasteiger partial charge in [-0.15, -0.1) is 0 Å². The van der Waals surface area contributed by atoms with Crippen LogP contribution >= 0.6 is 0 Å². The van der Waals surface area contributed by atoms with E-state index in [2.05, 4.69) is 6.92 Å². The first-order chi connectivity index (χ1) is 12.0. The number of nitrogens with zero attached hydrogens (tertiary/aromatic N) is 1. The Bertz CT molecular complexity index is 667. The molecule has 1 N–H and O–H groups in total. The highest BCUT2D eigenvalue weighted by Crippen LogP contribution is 2.42. The summed E-state index contributed by atoms with van der Waals surface area (Å²) in [4.78, 5) is 37.9. The summed E-state index contributed by atoms with van der Waals surface area (Å²) in [6, 6.07) is 6.74. The molecule has 1 heterocycles. The Balaban J connectivity index is 1.59. The van der Waals surface area contributed by atoms with Crippen molar-refractivity contribution in [2.24, 2.45) is 11.8 Å². The summed E-state index contributed by atoms with van der Waals surface area (Å²) >= 11 is 0. The van der Waals surface area contributed by atoms with Crippen LogP contribution < -0.4 is 0 Å². The Kier molecular flexibility index (Phi) is 5.21. The van der Waals surface area contributed by atoms with Crippen LogP contribution in [0.1, 0.15) is 54.9 Å². The quantitative estimate of drug-likeness (QED) is 0.806. The number of ketones is 1. The lowest BCUT2D eigenvalue weighted by molar-refractivity contribution is -0.149. The van der Waals surface area contributed by atoms with E-state index < -0.39 is 12.0 Å². The SMILES string of the molecule is CCc1ccc(C(=O)CCC(=O)N2CC3CCCC3C2C(=O)O)cc1. The van der Waals surface area contributed by atoms with Gasteiger partial charge in [0.05, 0.1) is 0 Å². The van der Waals surface area contributed by atoms with Crippen molar-refractivity contribution in [1.82, 2.24) is 4.90 Å². The Hall–Kier alpha value is -2.17. The Morgan fingerprint density at radius 1 is 1.12 bits per heavy atom. The zero-order valence-corrected chi connectivity index (χ0v) is 14.6. The van der Waals surface area contributed by atoms with Crippen LogP contribution in [0.5, 0.6) is 0 Å². The Labute approximate surface area is 148 Å². The van der Waals surface area contributed by atoms with E-state index in [0.29, 0.717) is 18.0 Å². The molecule has 25 heavy (non-hydrogen) atoms. The number of hydrogen-bond donors (Lipinski definition) is 1. The predicted molar refractivity (Wildman–Crippen MR) is 93.4 cm³/mol. The molecule has 0 aromatic heterocycles. The normalized spacial score (nSPS) is 25.0. The van der Waals surface area contributed by atoms with Crippen LogP contribution in [-0.2, 0) is 16.0 Å². The molecule has 5 nitrogen and oxygen atoms in total. The fraction of sp³-hybridized carbons (Fsp3) is 0.550. The predicted octanol–water partition coefficient (Wildman–Crippen LogP) is 2.92. The van der Waals surface area contributed by atoms with Crippen LogP contribution in [0.15, 0.2) is 24.3 Å². The number of likely N-dealkylation sites (tertiary alicyclic amines) is 1. The maximum atomic E-state index is 12.5. The highest BCUT2D eigenvalue weighted by Gasteiger charge is 2.49. The lowest BCUT2D eigenvalue weighted by Gasteiger charge is -2.24. The molecular formula is C20H25NO4. The number of hydrogen-bond acceptors (Lipinski definition) is 3. The first kappa shape index (κ1) is 17.6. The maximum Gasteiger partial charge on any atom is 0.326 e. The van der Waals surface area contributed by atoms with E-state index in [1.54, 1.807) is 12.1 Å². The van der Waals surface area contributed by atoms with Gasteiger partial charge in [-0.1, -0.05) is 37.6 Å². The molecule has 134 valence electrons. The summed E-state index contributed by atoms with van der Waals surface area (Å²) in [7, 11) is 0. The summed E-state index contributed by atoms with van der Waals surface area (Å²) in [5, 5.41) is 9.52. The number of fused-ring (bicyclic) bond motifs is 1. The highest BCUT2D eigenvalue weighted by atomic mass is 16.4. The minimum absolute atomic E-state index is 0.0673. The third kappa shape index (κ3) is 3.60. The standard InChI is InChI=1S/C20H25NO4/c1-2-13-6-8-14(9-7-13)17(22)10-11-18(23)21-12-15-4-3-5-16(15)19(21)20(24)25/h6-9,15-16,19H,2-5,10-12H2,1H3,(H,24,25). The van der Waals surface area contributed by atoms with Gasteiger partial charge in [-0.05, 0) is 36.7 Å². The molecule has 1 saturated carbocycles. The molecule has 1 aliphatic heterocycles. The number of carboxylic acids is 1. The van der Waals surface area contributed by atoms with Crippen LogP contribution in [-0.4, -0.2) is 40.3 Å². The van der Waals surface area contributed by atoms with Gasteiger partial charge in [-0.25, -0.2) is 4.79 Å². The number of Topliss-reactive ketones (excluding diaryl/α,β-unsaturated/α-hetero) is 1. The van der Waals surface area contributed by atoms with Gasteiger partial charge in [0, 0.05) is 24.9 Å². The van der Waals surface area contributed by atoms with Gasteiger partial charge in [0.2, 0.25) is 5.91 Å². The highest BCUT2D eigenvalue weighted by molar-refractivity contribution is 5.98. The summed E-state index contributed by atoms with van der Waals surface area (Å²) < 4.78 is 0. The summed E-state index contributed by atoms with van der Waals surface area (Å²) in [5.74, 6) is -0.798. The van der Waals surface area contributed by atoms with Crippen molar-refractivity contribution >= 4 is 17.7 Å². The molecule has 1 saturated heterocycles. The maximum absolute atomic E-state index is 12.5. The molecule has 3 atom stereocenters. The molecule has 1 aromatic carbocycles. The monoisotopic (exact) mass is 343 g/mol. The van der Waals surface area contributed by atoms with Crippen molar-refractivity contribution in [2.45, 2.75) is 51.5 Å². The van der Waals surface area contributed by atoms with Gasteiger partial charge in [0.15, 0.2) is 5.78 Å². The summed E-state index contributed by atoms with van der Waals surface area (Å²) in [6.45, 7) is 2.58. The third-order valence-corrected chi connectivity index (χ3v) is 5.71. The van der Waals surface area contributed by atoms with Crippen molar-refractivity contribution in [3.05, 3.63) is 35.4 Å². The van der Waals surface area contributed by atoms with Gasteiger partial charge in [0.1, 0.15) is 6.04 Å². The van der Waals surface area contributed by atoms with Crippen molar-refractivity contribution < 1.29 is 19.5 Å². The number of aryl methyl sites for hydroxylation is 1. The van der Waals surface area contributed by atoms with Gasteiger partial charge >= 0.3 is 5.97 Å². The number of carbonyl (C=O) groups excluding carboxylic acids is 2. The van der Waals surface area contributed by atoms with Gasteiger partial charge < -0.3 is 10.0 Å². The van der Waals surface area contributed by atoms with Gasteiger partial charge in [0.25, 0.3) is 0 Å². The average Bonchev–Trinajstić information content (AvgIpc) is 3.19. The van der Waals surface area contributed by atoms with Crippen LogP contribution in [0, 0.1) is 11.8 Å². The molecule has 3 unspecified atom stereocenters. The largest absolute Gasteiger partial charge is 0.480 e. The molecule has 5 heteroatoms. The molecule has 3 rings (SSSR count). The van der Waals surface area contributed by atoms with Crippen molar-refractivity contribution in [1.29, 1.82) is 0 Å². The molecule has 1 aliphatic carbocycles. The Morgan fingerprint density at radius 2 is 1.84 bits per heavy atom. The molecule has 1 aromatic rings. The Morgan fingerprint density at radius 3 is 2.48 bits per heavy atom. The fourth-order valence-electron chi connectivity index (χ4n) is 4.31. The molecule has 0 bridgehead atoms. The van der Waals surface area contributed by atoms with Crippen LogP contribution in [0.2, 0.25) is 0 Å². The number of aliphatic carboxylic acids is 1. The molecule has 1 amide bonds. The van der Waals surface area contributed by atoms with E-state index in [1.807, 2.05) is 12.1 Å². The summed E-state index contributed by atoms with van der Waals surface area (Å²) in [5.41, 5.74) is 1.78. The molecule has 0 spiro atoms. The van der Waals surface area contributed by atoms with Gasteiger partial charge in [-0.3, -0.25) is 9.59 Å². The molecular weight excluding hydrogens is 318 g/mol. The van der Waals surface area contributed by atoms with E-state index in [-0.39, 0.29) is 30.4 Å². The van der Waals surface area contributed by atoms with Crippen molar-refractivity contribution in [2.75, 3.05) is 6.54 Å². The fourth-order valence-corrected chi connectivity index (χ4v) is 4.31. The topological polar surface area (TPSA) is 74.7 Å². The van der Waals surface area contributed by atoms with E-state index in [0.717, 1.165) is 25.7 Å². The van der Waals surface area contributed by atoms with E-state index in [9.17, 15) is 19.5 Å². The molecule has 2 aliphatic rings. The first-order valence-corrected chi connectivity index (χ1v) is 9.15. The van der Waals surface area contributed by atoms with Crippen LogP contribution in [0.3, 0.4) is 0 Å². The number of rotatable bonds is 6. The van der Waals surface area contributed by atoms with Gasteiger partial charge in [-0.2, -0.15) is 0 Å². The molecule has 2 fully saturated rings. The second-order valence-electron chi connectivity index (χ2n) is 7.16. The summed E-state index contributed by atoms with van der Waals surface area (Å²) in [6.07, 6.45) is 4.06. The number of benzene rings is 1. The van der Waals surface area contributed by atoms with Crippen LogP contribution in [0.4, 0.5) is 0 Å². The average molecular weight is 343 g/mol. The zero-order valence-electron chi connectivity index (χ0n) is 14.6. The second kappa shape index (κ2) is 7.38. The zero-order chi connectivity index (χ0) is 18.0. The van der Waals surface area contributed by atoms with E-state index >= 15 is 0 Å². The molecule has 0 radical (unpaired) electrons. The van der Waals surface area contributed by atoms with Crippen LogP contribution in [0.25, 0.3) is 0 Å². The first-order valence-electron chi connectivity index (χ1n) is 9.15. The van der Waals surface area contributed by atoms with Crippen molar-refractivity contribution in [3.8, 4) is 0 Å². The lowest BCUT2D eigenvalue weighted by atomic mass is 9.94. The number of amides is 1. The van der Waals surface area contributed by atoms with Crippen molar-refractivity contribution in [3.63, 3.8) is 0 Å². The van der Waals surface area contributed by atoms with E-state index in [4.69, 9.17) is 0 Å². The smallest absolute Gasteiger partial charge is 0.326 e.